The molecule has 3 aromatic rings. The van der Waals surface area contributed by atoms with Gasteiger partial charge in [-0.05, 0) is 29.9 Å². The summed E-state index contributed by atoms with van der Waals surface area (Å²) in [5, 5.41) is 43.7. The van der Waals surface area contributed by atoms with Gasteiger partial charge in [0.2, 0.25) is 22.1 Å². The molecule has 0 bridgehead atoms. The lowest BCUT2D eigenvalue weighted by Gasteiger charge is -2.19. The molecule has 1 aliphatic rings. The fraction of sp³-hybridized carbons (Fsp3) is 0.385. The van der Waals surface area contributed by atoms with Crippen molar-refractivity contribution in [2.45, 2.75) is 38.5 Å². The zero-order chi connectivity index (χ0) is 26.9. The number of nitrogens with zero attached hydrogens (tertiary/aromatic N) is 4. The third-order valence-electron chi connectivity index (χ3n) is 6.07. The van der Waals surface area contributed by atoms with Gasteiger partial charge in [-0.25, -0.2) is 0 Å². The molecule has 2 aromatic heterocycles. The molecular formula is C26H30N6O4S2. The van der Waals surface area contributed by atoms with E-state index in [1.54, 1.807) is 12.1 Å². The quantitative estimate of drug-likeness (QED) is 0.266. The standard InChI is InChI=1S/C26H30N6O4S2/c1-16-7-5-10-18(13-16)20(15-34)24(36)28-26-32-30-22(38-26)12-6-11-21-29-31-25(37-21)27-23(35)19(14-33)17-8-3-2-4-9-17/h2-5,8-10,13,16,19-20,33-34H,6-7,11-12,14-15H2,1H3,(H,27,31,35)(H,28,32,36). The smallest absolute Gasteiger partial charge is 0.236 e. The van der Waals surface area contributed by atoms with E-state index in [1.807, 2.05) is 36.4 Å². The van der Waals surface area contributed by atoms with Gasteiger partial charge < -0.3 is 10.2 Å². The number of aryl methyl sites for hydroxylation is 2. The normalized spacial score (nSPS) is 16.5. The molecule has 0 spiro atoms. The number of carbonyl (C=O) groups excluding carboxylic acids is 2. The minimum absolute atomic E-state index is 0.280. The molecule has 0 fully saturated rings. The first-order valence-electron chi connectivity index (χ1n) is 12.4. The van der Waals surface area contributed by atoms with Gasteiger partial charge in [0.15, 0.2) is 0 Å². The van der Waals surface area contributed by atoms with Crippen LogP contribution < -0.4 is 10.6 Å². The van der Waals surface area contributed by atoms with E-state index in [0.717, 1.165) is 34.0 Å². The van der Waals surface area contributed by atoms with Gasteiger partial charge in [-0.1, -0.05) is 78.2 Å². The Morgan fingerprint density at radius 3 is 2.05 bits per heavy atom. The average molecular weight is 555 g/mol. The summed E-state index contributed by atoms with van der Waals surface area (Å²) in [6, 6.07) is 9.10. The number of aromatic nitrogens is 4. The SMILES string of the molecule is CC1C=C(C(CO)C(=O)Nc2nnc(CCCc3nnc(NC(=O)C(CO)c4ccccc4)s3)s2)C=CC1. The molecule has 200 valence electrons. The van der Waals surface area contributed by atoms with E-state index in [2.05, 4.69) is 38.0 Å². The molecule has 0 radical (unpaired) electrons. The van der Waals surface area contributed by atoms with Gasteiger partial charge in [0.05, 0.1) is 25.0 Å². The number of allylic oxidation sites excluding steroid dienone is 3. The predicted octanol–water partition coefficient (Wildman–Crippen LogP) is 3.35. The molecule has 0 aliphatic heterocycles. The molecule has 3 unspecified atom stereocenters. The van der Waals surface area contributed by atoms with Crippen LogP contribution in [0.2, 0.25) is 0 Å². The summed E-state index contributed by atoms with van der Waals surface area (Å²) in [6.07, 6.45) is 8.88. The number of benzene rings is 1. The number of hydrogen-bond acceptors (Lipinski definition) is 10. The zero-order valence-corrected chi connectivity index (χ0v) is 22.5. The Balaban J connectivity index is 1.24. The number of aliphatic hydroxyl groups excluding tert-OH is 2. The maximum absolute atomic E-state index is 12.7. The van der Waals surface area contributed by atoms with Crippen LogP contribution in [0.3, 0.4) is 0 Å². The second-order valence-electron chi connectivity index (χ2n) is 9.00. The Kier molecular flexibility index (Phi) is 9.82. The highest BCUT2D eigenvalue weighted by Crippen LogP contribution is 2.25. The van der Waals surface area contributed by atoms with Gasteiger partial charge in [0, 0.05) is 12.8 Å². The van der Waals surface area contributed by atoms with Crippen LogP contribution in [0.4, 0.5) is 10.3 Å². The molecule has 0 saturated heterocycles. The molecular weight excluding hydrogens is 524 g/mol. The largest absolute Gasteiger partial charge is 0.395 e. The van der Waals surface area contributed by atoms with Crippen molar-refractivity contribution in [2.24, 2.45) is 11.8 Å². The Morgan fingerprint density at radius 1 is 0.921 bits per heavy atom. The maximum Gasteiger partial charge on any atom is 0.236 e. The summed E-state index contributed by atoms with van der Waals surface area (Å²) in [5.74, 6) is -1.63. The lowest BCUT2D eigenvalue weighted by atomic mass is 9.89. The van der Waals surface area contributed by atoms with E-state index in [0.29, 0.717) is 29.0 Å². The van der Waals surface area contributed by atoms with Crippen molar-refractivity contribution in [3.05, 3.63) is 69.7 Å². The van der Waals surface area contributed by atoms with Crippen LogP contribution in [0.5, 0.6) is 0 Å². The van der Waals surface area contributed by atoms with E-state index < -0.39 is 11.8 Å². The third-order valence-corrected chi connectivity index (χ3v) is 7.87. The summed E-state index contributed by atoms with van der Waals surface area (Å²) in [7, 11) is 0. The first-order valence-corrected chi connectivity index (χ1v) is 14.0. The maximum atomic E-state index is 12.7. The molecule has 4 rings (SSSR count). The molecule has 1 aromatic carbocycles. The van der Waals surface area contributed by atoms with E-state index in [9.17, 15) is 19.8 Å². The van der Waals surface area contributed by atoms with E-state index >= 15 is 0 Å². The third kappa shape index (κ3) is 7.38. The molecule has 38 heavy (non-hydrogen) atoms. The van der Waals surface area contributed by atoms with Crippen LogP contribution in [-0.2, 0) is 22.4 Å². The Hall–Kier alpha value is -3.32. The molecule has 3 atom stereocenters. The van der Waals surface area contributed by atoms with Crippen molar-refractivity contribution in [1.82, 2.24) is 20.4 Å². The number of amides is 2. The van der Waals surface area contributed by atoms with E-state index in [1.165, 1.54) is 22.7 Å². The van der Waals surface area contributed by atoms with Crippen LogP contribution in [-0.4, -0.2) is 55.6 Å². The van der Waals surface area contributed by atoms with Crippen LogP contribution in [0.15, 0.2) is 54.1 Å². The van der Waals surface area contributed by atoms with Gasteiger partial charge in [0.1, 0.15) is 10.0 Å². The number of hydrogen-bond donors (Lipinski definition) is 4. The molecule has 0 saturated carbocycles. The molecule has 12 heteroatoms. The van der Waals surface area contributed by atoms with Crippen molar-refractivity contribution < 1.29 is 19.8 Å². The zero-order valence-electron chi connectivity index (χ0n) is 20.9. The summed E-state index contributed by atoms with van der Waals surface area (Å²) in [6.45, 7) is 1.49. The van der Waals surface area contributed by atoms with Gasteiger partial charge in [-0.2, -0.15) is 0 Å². The van der Waals surface area contributed by atoms with Crippen LogP contribution in [0.1, 0.15) is 41.3 Å². The monoisotopic (exact) mass is 554 g/mol. The minimum atomic E-state index is -0.678. The van der Waals surface area contributed by atoms with Crippen LogP contribution >= 0.6 is 22.7 Å². The second-order valence-corrected chi connectivity index (χ2v) is 11.1. The number of carbonyl (C=O) groups is 2. The summed E-state index contributed by atoms with van der Waals surface area (Å²) < 4.78 is 0. The van der Waals surface area contributed by atoms with Crippen molar-refractivity contribution in [3.8, 4) is 0 Å². The fourth-order valence-corrected chi connectivity index (χ4v) is 5.62. The van der Waals surface area contributed by atoms with Crippen molar-refractivity contribution in [1.29, 1.82) is 0 Å². The molecule has 1 aliphatic carbocycles. The van der Waals surface area contributed by atoms with Crippen molar-refractivity contribution >= 4 is 44.8 Å². The van der Waals surface area contributed by atoms with Gasteiger partial charge in [-0.15, -0.1) is 20.4 Å². The molecule has 2 heterocycles. The van der Waals surface area contributed by atoms with Gasteiger partial charge in [0.25, 0.3) is 0 Å². The van der Waals surface area contributed by atoms with Crippen molar-refractivity contribution in [2.75, 3.05) is 23.8 Å². The Bertz CT molecular complexity index is 1290. The molecule has 10 nitrogen and oxygen atoms in total. The predicted molar refractivity (Wildman–Crippen MR) is 147 cm³/mol. The highest BCUT2D eigenvalue weighted by molar-refractivity contribution is 7.15. The minimum Gasteiger partial charge on any atom is -0.395 e. The highest BCUT2D eigenvalue weighted by Gasteiger charge is 2.24. The lowest BCUT2D eigenvalue weighted by molar-refractivity contribution is -0.120. The van der Waals surface area contributed by atoms with Crippen molar-refractivity contribution in [3.63, 3.8) is 0 Å². The second kappa shape index (κ2) is 13.5. The van der Waals surface area contributed by atoms with Gasteiger partial charge in [-0.3, -0.25) is 20.2 Å². The first-order chi connectivity index (χ1) is 18.5. The summed E-state index contributed by atoms with van der Waals surface area (Å²) in [5.41, 5.74) is 1.54. The van der Waals surface area contributed by atoms with E-state index in [4.69, 9.17) is 0 Å². The molecule has 4 N–H and O–H groups in total. The van der Waals surface area contributed by atoms with Crippen LogP contribution in [0, 0.1) is 11.8 Å². The average Bonchev–Trinajstić information content (AvgIpc) is 3.55. The Labute approximate surface area is 228 Å². The van der Waals surface area contributed by atoms with Crippen LogP contribution in [0.25, 0.3) is 0 Å². The van der Waals surface area contributed by atoms with Gasteiger partial charge >= 0.3 is 0 Å². The number of rotatable bonds is 12. The summed E-state index contributed by atoms with van der Waals surface area (Å²) >= 11 is 2.59. The first kappa shape index (κ1) is 27.7. The fourth-order valence-electron chi connectivity index (χ4n) is 4.05. The Morgan fingerprint density at radius 2 is 1.50 bits per heavy atom. The number of aliphatic hydroxyl groups is 2. The number of nitrogens with one attached hydrogen (secondary N) is 2. The summed E-state index contributed by atoms with van der Waals surface area (Å²) in [4.78, 5) is 25.3. The highest BCUT2D eigenvalue weighted by atomic mass is 32.1. The number of anilines is 2. The molecule has 2 amide bonds. The topological polar surface area (TPSA) is 150 Å². The van der Waals surface area contributed by atoms with E-state index in [-0.39, 0.29) is 25.0 Å². The lowest BCUT2D eigenvalue weighted by Crippen LogP contribution is -2.27.